The number of aliphatic carboxylic acids is 1. The molecule has 0 atom stereocenters. The molecular weight excluding hydrogens is 186 g/mol. The number of amides is 1. The van der Waals surface area contributed by atoms with E-state index in [0.717, 1.165) is 19.3 Å². The molecule has 0 bridgehead atoms. The molecule has 0 aromatic carbocycles. The van der Waals surface area contributed by atoms with Crippen molar-refractivity contribution in [3.63, 3.8) is 0 Å². The Kier molecular flexibility index (Phi) is 2.09. The molecule has 2 fully saturated rings. The zero-order valence-corrected chi connectivity index (χ0v) is 7.86. The molecule has 1 aliphatic carbocycles. The SMILES string of the molecule is O=C(O)CCN1CC2(CCC2)OC1=O. The average Bonchev–Trinajstić information content (AvgIpc) is 2.39. The Labute approximate surface area is 81.6 Å². The molecule has 2 rings (SSSR count). The Balaban J connectivity index is 1.88. The highest BCUT2D eigenvalue weighted by atomic mass is 16.6. The normalized spacial score (nSPS) is 23.4. The number of hydrogen-bond acceptors (Lipinski definition) is 3. The van der Waals surface area contributed by atoms with E-state index in [1.54, 1.807) is 0 Å². The maximum absolute atomic E-state index is 11.3. The van der Waals surface area contributed by atoms with Crippen LogP contribution in [0.25, 0.3) is 0 Å². The summed E-state index contributed by atoms with van der Waals surface area (Å²) in [5.41, 5.74) is -0.268. The molecule has 14 heavy (non-hydrogen) atoms. The van der Waals surface area contributed by atoms with E-state index >= 15 is 0 Å². The number of carbonyl (C=O) groups is 2. The maximum Gasteiger partial charge on any atom is 0.410 e. The molecule has 1 amide bonds. The van der Waals surface area contributed by atoms with Gasteiger partial charge in [-0.2, -0.15) is 0 Å². The van der Waals surface area contributed by atoms with Gasteiger partial charge in [0.15, 0.2) is 0 Å². The number of hydrogen-bond donors (Lipinski definition) is 1. The van der Waals surface area contributed by atoms with Gasteiger partial charge in [0.2, 0.25) is 0 Å². The minimum Gasteiger partial charge on any atom is -0.481 e. The predicted molar refractivity (Wildman–Crippen MR) is 46.9 cm³/mol. The lowest BCUT2D eigenvalue weighted by atomic mass is 9.80. The third-order valence-corrected chi connectivity index (χ3v) is 2.90. The van der Waals surface area contributed by atoms with Gasteiger partial charge in [-0.05, 0) is 19.3 Å². The van der Waals surface area contributed by atoms with E-state index in [1.165, 1.54) is 4.90 Å². The van der Waals surface area contributed by atoms with Crippen LogP contribution in [-0.2, 0) is 9.53 Å². The number of nitrogens with zero attached hydrogens (tertiary/aromatic N) is 1. The second-order valence-electron chi connectivity index (χ2n) is 3.97. The molecule has 5 nitrogen and oxygen atoms in total. The van der Waals surface area contributed by atoms with Crippen molar-refractivity contribution in [1.82, 2.24) is 4.90 Å². The predicted octanol–water partition coefficient (Wildman–Crippen LogP) is 0.836. The molecule has 1 N–H and O–H groups in total. The Hall–Kier alpha value is -1.26. The van der Waals surface area contributed by atoms with Gasteiger partial charge in [0.25, 0.3) is 0 Å². The summed E-state index contributed by atoms with van der Waals surface area (Å²) in [7, 11) is 0. The van der Waals surface area contributed by atoms with Gasteiger partial charge in [0.05, 0.1) is 13.0 Å². The Morgan fingerprint density at radius 3 is 2.71 bits per heavy atom. The summed E-state index contributed by atoms with van der Waals surface area (Å²) in [5, 5.41) is 8.48. The molecule has 0 unspecified atom stereocenters. The third-order valence-electron chi connectivity index (χ3n) is 2.90. The van der Waals surface area contributed by atoms with Crippen LogP contribution in [0.15, 0.2) is 0 Å². The van der Waals surface area contributed by atoms with Crippen LogP contribution in [0.5, 0.6) is 0 Å². The van der Waals surface area contributed by atoms with Gasteiger partial charge < -0.3 is 14.7 Å². The summed E-state index contributed by atoms with van der Waals surface area (Å²) in [5.74, 6) is -0.882. The molecule has 78 valence electrons. The molecule has 0 radical (unpaired) electrons. The molecule has 1 saturated heterocycles. The van der Waals surface area contributed by atoms with Crippen molar-refractivity contribution in [3.8, 4) is 0 Å². The fourth-order valence-corrected chi connectivity index (χ4v) is 1.93. The zero-order valence-electron chi connectivity index (χ0n) is 7.86. The first-order chi connectivity index (χ1) is 6.61. The van der Waals surface area contributed by atoms with Gasteiger partial charge >= 0.3 is 12.1 Å². The summed E-state index contributed by atoms with van der Waals surface area (Å²) in [4.78, 5) is 23.1. The topological polar surface area (TPSA) is 66.8 Å². The summed E-state index contributed by atoms with van der Waals surface area (Å²) in [6, 6.07) is 0. The first kappa shape index (κ1) is 9.30. The summed E-state index contributed by atoms with van der Waals surface area (Å²) < 4.78 is 5.22. The van der Waals surface area contributed by atoms with E-state index in [9.17, 15) is 9.59 Å². The van der Waals surface area contributed by atoms with Crippen LogP contribution >= 0.6 is 0 Å². The largest absolute Gasteiger partial charge is 0.481 e. The van der Waals surface area contributed by atoms with E-state index in [1.807, 2.05) is 0 Å². The van der Waals surface area contributed by atoms with Crippen molar-refractivity contribution >= 4 is 12.1 Å². The first-order valence-electron chi connectivity index (χ1n) is 4.81. The van der Waals surface area contributed by atoms with Crippen LogP contribution in [0.4, 0.5) is 4.79 Å². The zero-order chi connectivity index (χ0) is 10.2. The maximum atomic E-state index is 11.3. The lowest BCUT2D eigenvalue weighted by Crippen LogP contribution is -2.41. The Morgan fingerprint density at radius 2 is 2.29 bits per heavy atom. The van der Waals surface area contributed by atoms with Crippen molar-refractivity contribution in [2.24, 2.45) is 0 Å². The number of carboxylic acid groups (broad SMARTS) is 1. The molecule has 1 spiro atoms. The van der Waals surface area contributed by atoms with Crippen molar-refractivity contribution < 1.29 is 19.4 Å². The van der Waals surface area contributed by atoms with Crippen molar-refractivity contribution in [2.45, 2.75) is 31.3 Å². The minimum atomic E-state index is -0.882. The van der Waals surface area contributed by atoms with Gasteiger partial charge in [-0.15, -0.1) is 0 Å². The van der Waals surface area contributed by atoms with Gasteiger partial charge in [0.1, 0.15) is 5.60 Å². The highest BCUT2D eigenvalue weighted by Crippen LogP contribution is 2.40. The average molecular weight is 199 g/mol. The van der Waals surface area contributed by atoms with Gasteiger partial charge in [-0.3, -0.25) is 4.79 Å². The second kappa shape index (κ2) is 3.15. The van der Waals surface area contributed by atoms with Crippen LogP contribution in [0.3, 0.4) is 0 Å². The second-order valence-corrected chi connectivity index (χ2v) is 3.97. The highest BCUT2D eigenvalue weighted by Gasteiger charge is 2.49. The smallest absolute Gasteiger partial charge is 0.410 e. The molecule has 0 aromatic heterocycles. The van der Waals surface area contributed by atoms with Gasteiger partial charge in [0, 0.05) is 6.54 Å². The molecule has 2 aliphatic rings. The Bertz CT molecular complexity index is 272. The molecule has 0 aromatic rings. The molecule has 1 aliphatic heterocycles. The van der Waals surface area contributed by atoms with Crippen LogP contribution in [0.2, 0.25) is 0 Å². The molecule has 5 heteroatoms. The van der Waals surface area contributed by atoms with E-state index in [0.29, 0.717) is 6.54 Å². The lowest BCUT2D eigenvalue weighted by Gasteiger charge is -2.35. The van der Waals surface area contributed by atoms with Crippen LogP contribution in [0.1, 0.15) is 25.7 Å². The van der Waals surface area contributed by atoms with Crippen LogP contribution < -0.4 is 0 Å². The molecule has 1 saturated carbocycles. The third kappa shape index (κ3) is 1.54. The highest BCUT2D eigenvalue weighted by molar-refractivity contribution is 5.72. The monoisotopic (exact) mass is 199 g/mol. The van der Waals surface area contributed by atoms with Crippen molar-refractivity contribution in [3.05, 3.63) is 0 Å². The van der Waals surface area contributed by atoms with E-state index in [2.05, 4.69) is 0 Å². The van der Waals surface area contributed by atoms with Crippen molar-refractivity contribution in [2.75, 3.05) is 13.1 Å². The molecular formula is C9H13NO4. The fourth-order valence-electron chi connectivity index (χ4n) is 1.93. The minimum absolute atomic E-state index is 0.00875. The fraction of sp³-hybridized carbons (Fsp3) is 0.778. The number of ether oxygens (including phenoxy) is 1. The van der Waals surface area contributed by atoms with E-state index in [4.69, 9.17) is 9.84 Å². The summed E-state index contributed by atoms with van der Waals surface area (Å²) >= 11 is 0. The van der Waals surface area contributed by atoms with Crippen LogP contribution in [0, 0.1) is 0 Å². The summed E-state index contributed by atoms with van der Waals surface area (Å²) in [6.45, 7) is 0.828. The number of carbonyl (C=O) groups excluding carboxylic acids is 1. The van der Waals surface area contributed by atoms with Gasteiger partial charge in [-0.25, -0.2) is 4.79 Å². The van der Waals surface area contributed by atoms with Gasteiger partial charge in [-0.1, -0.05) is 0 Å². The standard InChI is InChI=1S/C9H13NO4/c11-7(12)2-5-10-6-9(3-1-4-9)14-8(10)13/h1-6H2,(H,11,12). The quantitative estimate of drug-likeness (QED) is 0.731. The number of carboxylic acids is 1. The van der Waals surface area contributed by atoms with E-state index in [-0.39, 0.29) is 24.7 Å². The van der Waals surface area contributed by atoms with Crippen molar-refractivity contribution in [1.29, 1.82) is 0 Å². The Morgan fingerprint density at radius 1 is 1.57 bits per heavy atom. The lowest BCUT2D eigenvalue weighted by molar-refractivity contribution is -0.137. The number of rotatable bonds is 3. The van der Waals surface area contributed by atoms with E-state index < -0.39 is 5.97 Å². The summed E-state index contributed by atoms with van der Waals surface area (Å²) in [6.07, 6.45) is 2.57. The van der Waals surface area contributed by atoms with Crippen LogP contribution in [-0.4, -0.2) is 40.8 Å². The molecule has 1 heterocycles. The first-order valence-corrected chi connectivity index (χ1v) is 4.81.